The van der Waals surface area contributed by atoms with Gasteiger partial charge >= 0.3 is 0 Å². The second-order valence-electron chi connectivity index (χ2n) is 4.51. The minimum absolute atomic E-state index is 0.181. The quantitative estimate of drug-likeness (QED) is 0.611. The van der Waals surface area contributed by atoms with Crippen LogP contribution < -0.4 is 0 Å². The van der Waals surface area contributed by atoms with Gasteiger partial charge in [0.25, 0.3) is 0 Å². The monoisotopic (exact) mass is 202 g/mol. The third kappa shape index (κ3) is 2.59. The van der Waals surface area contributed by atoms with Gasteiger partial charge in [0.15, 0.2) is 0 Å². The van der Waals surface area contributed by atoms with Crippen molar-refractivity contribution in [3.63, 3.8) is 0 Å². The summed E-state index contributed by atoms with van der Waals surface area (Å²) < 4.78 is 13.2. The zero-order valence-electron chi connectivity index (χ0n) is 9.23. The van der Waals surface area contributed by atoms with Crippen LogP contribution in [0, 0.1) is 23.1 Å². The smallest absolute Gasteiger partial charge is 0.124 e. The molecule has 1 aliphatic rings. The number of aryl methyl sites for hydroxylation is 1. The van der Waals surface area contributed by atoms with E-state index >= 15 is 0 Å². The van der Waals surface area contributed by atoms with Crippen LogP contribution in [0.2, 0.25) is 0 Å². The first-order chi connectivity index (χ1) is 7.11. The van der Waals surface area contributed by atoms with E-state index in [1.807, 2.05) is 13.0 Å². The molecule has 0 aromatic heterocycles. The molecule has 78 valence electrons. The second-order valence-corrected chi connectivity index (χ2v) is 4.51. The van der Waals surface area contributed by atoms with E-state index in [4.69, 9.17) is 0 Å². The van der Waals surface area contributed by atoms with Gasteiger partial charge in [-0.1, -0.05) is 18.8 Å². The Hall–Kier alpha value is -1.29. The number of halogens is 1. The van der Waals surface area contributed by atoms with Gasteiger partial charge in [0, 0.05) is 11.0 Å². The number of benzene rings is 1. The lowest BCUT2D eigenvalue weighted by atomic mass is 10.1. The van der Waals surface area contributed by atoms with Gasteiger partial charge in [0.05, 0.1) is 0 Å². The van der Waals surface area contributed by atoms with Crippen LogP contribution in [-0.4, -0.2) is 0 Å². The Balaban J connectivity index is 2.26. The predicted molar refractivity (Wildman–Crippen MR) is 60.0 cm³/mol. The van der Waals surface area contributed by atoms with E-state index in [-0.39, 0.29) is 11.2 Å². The number of hydrogen-bond acceptors (Lipinski definition) is 0. The Morgan fingerprint density at radius 2 is 2.07 bits per heavy atom. The highest BCUT2D eigenvalue weighted by atomic mass is 19.1. The summed E-state index contributed by atoms with van der Waals surface area (Å²) in [5.41, 5.74) is 2.03. The molecule has 15 heavy (non-hydrogen) atoms. The van der Waals surface area contributed by atoms with E-state index in [0.717, 1.165) is 17.5 Å². The lowest BCUT2D eigenvalue weighted by molar-refractivity contribution is 0.625. The fourth-order valence-electron chi connectivity index (χ4n) is 1.46. The van der Waals surface area contributed by atoms with Crippen LogP contribution in [0.15, 0.2) is 18.2 Å². The molecule has 1 aromatic rings. The predicted octanol–water partition coefficient (Wildman–Crippen LogP) is 3.54. The standard InChI is InChI=1S/C14H15F/c1-3-11-8-12(10-13(15)9-11)4-5-14(2)6-7-14/h8-10H,3,6-7H2,1-2H3. The molecule has 0 aliphatic heterocycles. The van der Waals surface area contributed by atoms with Crippen molar-refractivity contribution < 1.29 is 4.39 Å². The van der Waals surface area contributed by atoms with E-state index in [9.17, 15) is 4.39 Å². The summed E-state index contributed by atoms with van der Waals surface area (Å²) in [5, 5.41) is 0. The van der Waals surface area contributed by atoms with Gasteiger partial charge in [0.2, 0.25) is 0 Å². The minimum atomic E-state index is -0.181. The topological polar surface area (TPSA) is 0 Å². The fraction of sp³-hybridized carbons (Fsp3) is 0.429. The van der Waals surface area contributed by atoms with Crippen molar-refractivity contribution >= 4 is 0 Å². The molecule has 0 spiro atoms. The summed E-state index contributed by atoms with van der Waals surface area (Å²) in [5.74, 6) is 6.10. The van der Waals surface area contributed by atoms with Gasteiger partial charge in [-0.25, -0.2) is 4.39 Å². The Labute approximate surface area is 90.5 Å². The molecule has 1 fully saturated rings. The van der Waals surface area contributed by atoms with Crippen LogP contribution in [0.1, 0.15) is 37.8 Å². The average Bonchev–Trinajstić information content (AvgIpc) is 2.94. The summed E-state index contributed by atoms with van der Waals surface area (Å²) >= 11 is 0. The Kier molecular flexibility index (Phi) is 2.52. The highest BCUT2D eigenvalue weighted by Gasteiger charge is 2.35. The SMILES string of the molecule is CCc1cc(F)cc(C#CC2(C)CC2)c1. The van der Waals surface area contributed by atoms with Gasteiger partial charge in [-0.2, -0.15) is 0 Å². The molecule has 0 amide bonds. The van der Waals surface area contributed by atoms with E-state index in [1.165, 1.54) is 18.9 Å². The first kappa shape index (κ1) is 10.2. The molecule has 0 atom stereocenters. The lowest BCUT2D eigenvalue weighted by Crippen LogP contribution is -1.88. The summed E-state index contributed by atoms with van der Waals surface area (Å²) in [7, 11) is 0. The Morgan fingerprint density at radius 1 is 1.33 bits per heavy atom. The second kappa shape index (κ2) is 3.70. The van der Waals surface area contributed by atoms with Crippen molar-refractivity contribution in [3.05, 3.63) is 35.1 Å². The van der Waals surface area contributed by atoms with E-state index in [0.29, 0.717) is 0 Å². The van der Waals surface area contributed by atoms with Crippen molar-refractivity contribution in [1.29, 1.82) is 0 Å². The lowest BCUT2D eigenvalue weighted by Gasteiger charge is -1.99. The molecule has 1 aliphatic carbocycles. The molecule has 0 heterocycles. The molecule has 1 aromatic carbocycles. The van der Waals surface area contributed by atoms with Crippen LogP contribution in [0.25, 0.3) is 0 Å². The summed E-state index contributed by atoms with van der Waals surface area (Å²) in [6.45, 7) is 4.17. The van der Waals surface area contributed by atoms with E-state index in [2.05, 4.69) is 18.8 Å². The van der Waals surface area contributed by atoms with E-state index in [1.54, 1.807) is 6.07 Å². The maximum Gasteiger partial charge on any atom is 0.124 e. The maximum absolute atomic E-state index is 13.2. The third-order valence-electron chi connectivity index (χ3n) is 2.87. The van der Waals surface area contributed by atoms with Gasteiger partial charge in [-0.15, -0.1) is 0 Å². The molecule has 0 radical (unpaired) electrons. The molecule has 0 unspecified atom stereocenters. The first-order valence-electron chi connectivity index (χ1n) is 5.44. The van der Waals surface area contributed by atoms with Crippen molar-refractivity contribution in [2.45, 2.75) is 33.1 Å². The zero-order chi connectivity index (χ0) is 10.9. The third-order valence-corrected chi connectivity index (χ3v) is 2.87. The van der Waals surface area contributed by atoms with Crippen LogP contribution in [0.5, 0.6) is 0 Å². The van der Waals surface area contributed by atoms with Crippen LogP contribution in [-0.2, 0) is 6.42 Å². The maximum atomic E-state index is 13.2. The highest BCUT2D eigenvalue weighted by Crippen LogP contribution is 2.44. The van der Waals surface area contributed by atoms with Gasteiger partial charge < -0.3 is 0 Å². The summed E-state index contributed by atoms with van der Waals surface area (Å²) in [4.78, 5) is 0. The molecule has 0 saturated heterocycles. The Morgan fingerprint density at radius 3 is 2.67 bits per heavy atom. The molecule has 0 bridgehead atoms. The number of rotatable bonds is 1. The van der Waals surface area contributed by atoms with Crippen molar-refractivity contribution in [2.75, 3.05) is 0 Å². The van der Waals surface area contributed by atoms with Gasteiger partial charge in [-0.05, 0) is 49.9 Å². The van der Waals surface area contributed by atoms with E-state index < -0.39 is 0 Å². The van der Waals surface area contributed by atoms with Crippen molar-refractivity contribution in [2.24, 2.45) is 5.41 Å². The van der Waals surface area contributed by atoms with Crippen LogP contribution in [0.4, 0.5) is 4.39 Å². The van der Waals surface area contributed by atoms with Gasteiger partial charge in [0.1, 0.15) is 5.82 Å². The molecule has 1 saturated carbocycles. The summed E-state index contributed by atoms with van der Waals surface area (Å²) in [6, 6.07) is 5.06. The molecular formula is C14H15F. The fourth-order valence-corrected chi connectivity index (χ4v) is 1.46. The molecule has 0 N–H and O–H groups in total. The van der Waals surface area contributed by atoms with Crippen LogP contribution in [0.3, 0.4) is 0 Å². The van der Waals surface area contributed by atoms with Crippen LogP contribution >= 0.6 is 0 Å². The largest absolute Gasteiger partial charge is 0.207 e. The first-order valence-corrected chi connectivity index (χ1v) is 5.44. The Bertz CT molecular complexity index is 430. The van der Waals surface area contributed by atoms with Crippen molar-refractivity contribution in [3.8, 4) is 11.8 Å². The molecular weight excluding hydrogens is 187 g/mol. The number of hydrogen-bond donors (Lipinski definition) is 0. The average molecular weight is 202 g/mol. The molecule has 1 heteroatoms. The van der Waals surface area contributed by atoms with Gasteiger partial charge in [-0.3, -0.25) is 0 Å². The molecule has 2 rings (SSSR count). The summed E-state index contributed by atoms with van der Waals surface area (Å²) in [6.07, 6.45) is 3.20. The highest BCUT2D eigenvalue weighted by molar-refractivity contribution is 5.39. The molecule has 0 nitrogen and oxygen atoms in total. The van der Waals surface area contributed by atoms with Crippen molar-refractivity contribution in [1.82, 2.24) is 0 Å². The minimum Gasteiger partial charge on any atom is -0.207 e. The zero-order valence-corrected chi connectivity index (χ0v) is 9.23. The normalized spacial score (nSPS) is 16.7.